The molecule has 0 bridgehead atoms. The maximum Gasteiger partial charge on any atom is 0.322 e. The Hall–Kier alpha value is -3.37. The van der Waals surface area contributed by atoms with Crippen molar-refractivity contribution in [2.45, 2.75) is 39.0 Å². The number of urea groups is 1. The van der Waals surface area contributed by atoms with Gasteiger partial charge in [-0.2, -0.15) is 0 Å². The van der Waals surface area contributed by atoms with E-state index in [4.69, 9.17) is 4.74 Å². The van der Waals surface area contributed by atoms with E-state index in [1.165, 1.54) is 28.4 Å². The van der Waals surface area contributed by atoms with Gasteiger partial charge < -0.3 is 19.9 Å². The van der Waals surface area contributed by atoms with Gasteiger partial charge in [-0.25, -0.2) is 18.0 Å². The number of ether oxygens (including phenoxy) is 1. The largest absolute Gasteiger partial charge is 0.376 e. The Balaban J connectivity index is 1.54. The Morgan fingerprint density at radius 1 is 1.03 bits per heavy atom. The van der Waals surface area contributed by atoms with E-state index >= 15 is 0 Å². The van der Waals surface area contributed by atoms with Crippen molar-refractivity contribution in [2.24, 2.45) is 0 Å². The summed E-state index contributed by atoms with van der Waals surface area (Å²) in [7, 11) is 0. The second-order valence-corrected chi connectivity index (χ2v) is 9.97. The number of hydrogen-bond donors (Lipinski definition) is 1. The first-order valence-electron chi connectivity index (χ1n) is 12.0. The van der Waals surface area contributed by atoms with Crippen LogP contribution in [0, 0.1) is 24.4 Å². The van der Waals surface area contributed by atoms with Gasteiger partial charge in [0.25, 0.3) is 0 Å². The number of nitrogens with zero attached hydrogens (tertiary/aromatic N) is 2. The molecule has 1 aliphatic heterocycles. The van der Waals surface area contributed by atoms with E-state index < -0.39 is 17.7 Å². The van der Waals surface area contributed by atoms with Crippen molar-refractivity contribution in [1.29, 1.82) is 0 Å². The molecule has 6 nitrogen and oxygen atoms in total. The normalized spacial score (nSPS) is 15.0. The van der Waals surface area contributed by atoms with E-state index in [1.54, 1.807) is 17.0 Å². The van der Waals surface area contributed by atoms with Crippen LogP contribution in [0.1, 0.15) is 28.8 Å². The van der Waals surface area contributed by atoms with Crippen LogP contribution in [0.2, 0.25) is 0 Å². The summed E-state index contributed by atoms with van der Waals surface area (Å²) in [5, 5.41) is 4.39. The minimum atomic E-state index is -0.914. The molecular weight excluding hydrogens is 503 g/mol. The third-order valence-corrected chi connectivity index (χ3v) is 7.18. The van der Waals surface area contributed by atoms with Crippen LogP contribution >= 0.6 is 11.3 Å². The third kappa shape index (κ3) is 7.33. The van der Waals surface area contributed by atoms with Crippen LogP contribution in [-0.4, -0.2) is 47.5 Å². The quantitative estimate of drug-likeness (QED) is 0.385. The zero-order valence-corrected chi connectivity index (χ0v) is 21.2. The number of carbonyl (C=O) groups excluding carboxylic acids is 2. The van der Waals surface area contributed by atoms with Crippen molar-refractivity contribution in [2.75, 3.05) is 25.0 Å². The summed E-state index contributed by atoms with van der Waals surface area (Å²) in [4.78, 5) is 30.6. The van der Waals surface area contributed by atoms with Crippen LogP contribution < -0.4 is 5.32 Å². The van der Waals surface area contributed by atoms with Crippen molar-refractivity contribution >= 4 is 29.0 Å². The second-order valence-electron chi connectivity index (χ2n) is 8.97. The number of halogens is 3. The van der Waals surface area contributed by atoms with Crippen LogP contribution in [0.3, 0.4) is 0 Å². The highest BCUT2D eigenvalue weighted by molar-refractivity contribution is 7.10. The van der Waals surface area contributed by atoms with Gasteiger partial charge in [0.1, 0.15) is 24.0 Å². The van der Waals surface area contributed by atoms with Gasteiger partial charge in [-0.15, -0.1) is 11.3 Å². The van der Waals surface area contributed by atoms with E-state index in [1.807, 2.05) is 18.4 Å². The molecule has 0 spiro atoms. The van der Waals surface area contributed by atoms with Crippen LogP contribution in [-0.2, 0) is 22.6 Å². The molecule has 1 aromatic heterocycles. The average molecular weight is 532 g/mol. The van der Waals surface area contributed by atoms with E-state index in [0.29, 0.717) is 19.2 Å². The van der Waals surface area contributed by atoms with Gasteiger partial charge in [0, 0.05) is 30.6 Å². The van der Waals surface area contributed by atoms with Crippen molar-refractivity contribution in [3.8, 4) is 0 Å². The molecule has 37 heavy (non-hydrogen) atoms. The van der Waals surface area contributed by atoms with Crippen molar-refractivity contribution in [3.63, 3.8) is 0 Å². The predicted molar refractivity (Wildman–Crippen MR) is 136 cm³/mol. The molecule has 2 heterocycles. The fourth-order valence-corrected chi connectivity index (χ4v) is 5.00. The molecule has 196 valence electrons. The molecule has 0 radical (unpaired) electrons. The Labute approximate surface area is 217 Å². The Kier molecular flexibility index (Phi) is 8.83. The van der Waals surface area contributed by atoms with Crippen LogP contribution in [0.5, 0.6) is 0 Å². The molecule has 3 amide bonds. The number of thiophene rings is 1. The van der Waals surface area contributed by atoms with Crippen molar-refractivity contribution < 1.29 is 27.5 Å². The second kappa shape index (κ2) is 12.2. The van der Waals surface area contributed by atoms with Crippen LogP contribution in [0.4, 0.5) is 23.7 Å². The molecule has 1 N–H and O–H groups in total. The molecule has 3 aromatic rings. The zero-order chi connectivity index (χ0) is 26.4. The van der Waals surface area contributed by atoms with Gasteiger partial charge in [0.2, 0.25) is 5.91 Å². The van der Waals surface area contributed by atoms with Gasteiger partial charge in [-0.3, -0.25) is 4.79 Å². The topological polar surface area (TPSA) is 61.9 Å². The minimum absolute atomic E-state index is 0.142. The Bertz CT molecular complexity index is 1230. The third-order valence-electron chi connectivity index (χ3n) is 6.18. The first-order chi connectivity index (χ1) is 17.8. The number of nitrogens with one attached hydrogen (secondary N) is 1. The summed E-state index contributed by atoms with van der Waals surface area (Å²) < 4.78 is 46.6. The number of carbonyl (C=O) groups is 2. The molecule has 10 heteroatoms. The highest BCUT2D eigenvalue weighted by atomic mass is 32.1. The first kappa shape index (κ1) is 26.7. The SMILES string of the molecule is Cc1ccsc1CN(Cc1ccc(F)cc1)C(=O)CN(CC1CCCO1)C(=O)Nc1ccc(F)cc1F. The average Bonchev–Trinajstić information content (AvgIpc) is 3.53. The van der Waals surface area contributed by atoms with Gasteiger partial charge in [0.05, 0.1) is 18.3 Å². The zero-order valence-electron chi connectivity index (χ0n) is 20.4. The lowest BCUT2D eigenvalue weighted by atomic mass is 10.2. The molecule has 1 unspecified atom stereocenters. The molecule has 1 fully saturated rings. The predicted octanol–water partition coefficient (Wildman–Crippen LogP) is 5.72. The van der Waals surface area contributed by atoms with Crippen molar-refractivity contribution in [3.05, 3.63) is 87.4 Å². The molecule has 1 atom stereocenters. The molecule has 2 aromatic carbocycles. The first-order valence-corrected chi connectivity index (χ1v) is 12.8. The lowest BCUT2D eigenvalue weighted by Crippen LogP contribution is -2.47. The van der Waals surface area contributed by atoms with Gasteiger partial charge >= 0.3 is 6.03 Å². The van der Waals surface area contributed by atoms with Gasteiger partial charge in [-0.1, -0.05) is 12.1 Å². The van der Waals surface area contributed by atoms with E-state index in [0.717, 1.165) is 41.0 Å². The van der Waals surface area contributed by atoms with E-state index in [-0.39, 0.29) is 43.2 Å². The number of rotatable bonds is 9. The number of amides is 3. The Morgan fingerprint density at radius 2 is 1.78 bits per heavy atom. The summed E-state index contributed by atoms with van der Waals surface area (Å²) in [6.45, 7) is 2.93. The van der Waals surface area contributed by atoms with Crippen LogP contribution in [0.25, 0.3) is 0 Å². The number of aryl methyl sites for hydroxylation is 1. The summed E-state index contributed by atoms with van der Waals surface area (Å²) in [6.07, 6.45) is 1.33. The molecule has 1 aliphatic rings. The fourth-order valence-electron chi connectivity index (χ4n) is 4.08. The molecular formula is C27H28F3N3O3S. The summed E-state index contributed by atoms with van der Waals surface area (Å²) >= 11 is 1.53. The lowest BCUT2D eigenvalue weighted by molar-refractivity contribution is -0.133. The maximum absolute atomic E-state index is 14.2. The van der Waals surface area contributed by atoms with Crippen LogP contribution in [0.15, 0.2) is 53.9 Å². The summed E-state index contributed by atoms with van der Waals surface area (Å²) in [5.74, 6) is -2.38. The smallest absolute Gasteiger partial charge is 0.322 e. The van der Waals surface area contributed by atoms with E-state index in [9.17, 15) is 22.8 Å². The molecule has 0 aliphatic carbocycles. The molecule has 0 saturated carbocycles. The maximum atomic E-state index is 14.2. The monoisotopic (exact) mass is 531 g/mol. The lowest BCUT2D eigenvalue weighted by Gasteiger charge is -2.29. The fraction of sp³-hybridized carbons (Fsp3) is 0.333. The standard InChI is InChI=1S/C27H28F3N3O3S/c1-18-10-12-37-25(18)16-32(14-19-4-6-20(28)7-5-19)26(34)17-33(15-22-3-2-11-36-22)27(35)31-24-9-8-21(29)13-23(24)30/h4-10,12-13,22H,2-3,11,14-17H2,1H3,(H,31,35). The van der Waals surface area contributed by atoms with E-state index in [2.05, 4.69) is 5.32 Å². The molecule has 1 saturated heterocycles. The van der Waals surface area contributed by atoms with Gasteiger partial charge in [0.15, 0.2) is 0 Å². The Morgan fingerprint density at radius 3 is 2.43 bits per heavy atom. The summed E-state index contributed by atoms with van der Waals surface area (Å²) in [6, 6.07) is 10.0. The number of benzene rings is 2. The van der Waals surface area contributed by atoms with Crippen molar-refractivity contribution in [1.82, 2.24) is 9.80 Å². The number of hydrogen-bond acceptors (Lipinski definition) is 4. The highest BCUT2D eigenvalue weighted by Crippen LogP contribution is 2.21. The number of anilines is 1. The van der Waals surface area contributed by atoms with Gasteiger partial charge in [-0.05, 0) is 66.6 Å². The highest BCUT2D eigenvalue weighted by Gasteiger charge is 2.27. The molecule has 4 rings (SSSR count). The summed E-state index contributed by atoms with van der Waals surface area (Å²) in [5.41, 5.74) is 1.60. The minimum Gasteiger partial charge on any atom is -0.376 e.